The number of aromatic nitrogens is 4. The average Bonchev–Trinajstić information content (AvgIpc) is 3.13. The topological polar surface area (TPSA) is 78.2 Å². The van der Waals surface area contributed by atoms with Crippen molar-refractivity contribution in [1.29, 1.82) is 5.26 Å². The summed E-state index contributed by atoms with van der Waals surface area (Å²) in [6.45, 7) is 0. The molecule has 4 aromatic rings. The zero-order valence-electron chi connectivity index (χ0n) is 10.2. The van der Waals surface area contributed by atoms with Gasteiger partial charge in [-0.25, -0.2) is 15.0 Å². The number of fused-ring (bicyclic) bond motifs is 3. The number of thiazole rings is 1. The van der Waals surface area contributed by atoms with Gasteiger partial charge in [-0.15, -0.1) is 11.3 Å². The van der Waals surface area contributed by atoms with Crippen molar-refractivity contribution < 1.29 is 0 Å². The monoisotopic (exact) mass is 277 g/mol. The van der Waals surface area contributed by atoms with Crippen molar-refractivity contribution in [2.75, 3.05) is 0 Å². The van der Waals surface area contributed by atoms with Gasteiger partial charge in [0.1, 0.15) is 22.4 Å². The Labute approximate surface area is 117 Å². The minimum absolute atomic E-state index is 0.401. The van der Waals surface area contributed by atoms with Crippen molar-refractivity contribution >= 4 is 33.3 Å². The molecule has 0 aliphatic heterocycles. The van der Waals surface area contributed by atoms with E-state index in [4.69, 9.17) is 5.26 Å². The second kappa shape index (κ2) is 4.11. The fraction of sp³-hybridized carbons (Fsp3) is 0. The van der Waals surface area contributed by atoms with Crippen molar-refractivity contribution in [2.45, 2.75) is 0 Å². The van der Waals surface area contributed by atoms with Crippen LogP contribution in [-0.2, 0) is 0 Å². The highest BCUT2D eigenvalue weighted by molar-refractivity contribution is 7.13. The van der Waals surface area contributed by atoms with Crippen LogP contribution in [0.25, 0.3) is 32.5 Å². The summed E-state index contributed by atoms with van der Waals surface area (Å²) in [6, 6.07) is 5.88. The molecule has 5 nitrogen and oxygen atoms in total. The molecule has 4 rings (SSSR count). The first-order valence-electron chi connectivity index (χ1n) is 5.92. The second-order valence-corrected chi connectivity index (χ2v) is 5.20. The van der Waals surface area contributed by atoms with Crippen molar-refractivity contribution in [3.05, 3.63) is 41.8 Å². The summed E-state index contributed by atoms with van der Waals surface area (Å²) < 4.78 is 0. The maximum atomic E-state index is 8.96. The predicted molar refractivity (Wildman–Crippen MR) is 77.2 cm³/mol. The normalized spacial score (nSPS) is 10.9. The van der Waals surface area contributed by atoms with Gasteiger partial charge in [0, 0.05) is 34.1 Å². The lowest BCUT2D eigenvalue weighted by atomic mass is 10.1. The van der Waals surface area contributed by atoms with E-state index in [1.807, 2.05) is 11.4 Å². The molecule has 0 aliphatic rings. The van der Waals surface area contributed by atoms with Crippen LogP contribution in [0.1, 0.15) is 5.69 Å². The van der Waals surface area contributed by atoms with Crippen LogP contribution < -0.4 is 0 Å². The van der Waals surface area contributed by atoms with Gasteiger partial charge in [-0.05, 0) is 12.1 Å². The minimum atomic E-state index is 0.401. The average molecular weight is 277 g/mol. The first kappa shape index (κ1) is 11.1. The molecule has 0 amide bonds. The SMILES string of the molecule is N#Cc1cc2c(cn1)[nH]c1ncc(-c3nccs3)cc12. The van der Waals surface area contributed by atoms with E-state index < -0.39 is 0 Å². The van der Waals surface area contributed by atoms with Crippen LogP contribution in [0, 0.1) is 11.3 Å². The van der Waals surface area contributed by atoms with E-state index in [0.29, 0.717) is 5.69 Å². The lowest BCUT2D eigenvalue weighted by Crippen LogP contribution is -1.81. The van der Waals surface area contributed by atoms with E-state index in [1.54, 1.807) is 36.0 Å². The molecule has 0 aliphatic carbocycles. The van der Waals surface area contributed by atoms with Crippen LogP contribution in [0.15, 0.2) is 36.1 Å². The Morgan fingerprint density at radius 1 is 1.10 bits per heavy atom. The molecule has 0 saturated carbocycles. The summed E-state index contributed by atoms with van der Waals surface area (Å²) in [4.78, 5) is 16.0. The molecule has 0 fully saturated rings. The molecule has 0 saturated heterocycles. The molecule has 20 heavy (non-hydrogen) atoms. The molecule has 4 heterocycles. The van der Waals surface area contributed by atoms with Crippen LogP contribution in [0.5, 0.6) is 0 Å². The number of nitrogens with zero attached hydrogens (tertiary/aromatic N) is 4. The Morgan fingerprint density at radius 3 is 2.85 bits per heavy atom. The van der Waals surface area contributed by atoms with E-state index in [0.717, 1.165) is 32.5 Å². The number of H-pyrrole nitrogens is 1. The van der Waals surface area contributed by atoms with Gasteiger partial charge in [-0.1, -0.05) is 0 Å². The third-order valence-corrected chi connectivity index (χ3v) is 3.95. The lowest BCUT2D eigenvalue weighted by Gasteiger charge is -1.96. The van der Waals surface area contributed by atoms with E-state index in [2.05, 4.69) is 26.0 Å². The van der Waals surface area contributed by atoms with E-state index in [-0.39, 0.29) is 0 Å². The smallest absolute Gasteiger partial charge is 0.141 e. The molecule has 0 atom stereocenters. The van der Waals surface area contributed by atoms with Gasteiger partial charge in [-0.3, -0.25) is 0 Å². The molecule has 1 N–H and O–H groups in total. The van der Waals surface area contributed by atoms with E-state index >= 15 is 0 Å². The van der Waals surface area contributed by atoms with Crippen molar-refractivity contribution in [1.82, 2.24) is 19.9 Å². The van der Waals surface area contributed by atoms with Gasteiger partial charge >= 0.3 is 0 Å². The molecular weight excluding hydrogens is 270 g/mol. The quantitative estimate of drug-likeness (QED) is 0.580. The molecule has 0 spiro atoms. The van der Waals surface area contributed by atoms with Crippen LogP contribution >= 0.6 is 11.3 Å². The third kappa shape index (κ3) is 1.57. The second-order valence-electron chi connectivity index (χ2n) is 4.31. The molecule has 0 aromatic carbocycles. The number of hydrogen-bond donors (Lipinski definition) is 1. The Morgan fingerprint density at radius 2 is 2.05 bits per heavy atom. The first-order valence-corrected chi connectivity index (χ1v) is 6.80. The summed E-state index contributed by atoms with van der Waals surface area (Å²) in [5.41, 5.74) is 3.04. The number of rotatable bonds is 1. The van der Waals surface area contributed by atoms with E-state index in [9.17, 15) is 0 Å². The Bertz CT molecular complexity index is 962. The van der Waals surface area contributed by atoms with Gasteiger partial charge in [0.05, 0.1) is 11.7 Å². The van der Waals surface area contributed by atoms with Gasteiger partial charge in [0.15, 0.2) is 0 Å². The number of pyridine rings is 2. The van der Waals surface area contributed by atoms with E-state index in [1.165, 1.54) is 0 Å². The standard InChI is InChI=1S/C14H7N5S/c15-5-9-4-10-11-3-8(14-16-1-2-20-14)6-18-13(11)19-12(10)7-17-9/h1-4,6-7H,(H,18,19). The maximum absolute atomic E-state index is 8.96. The number of nitrogens with one attached hydrogen (secondary N) is 1. The first-order chi connectivity index (χ1) is 9.85. The summed E-state index contributed by atoms with van der Waals surface area (Å²) >= 11 is 1.57. The van der Waals surface area contributed by atoms with Crippen LogP contribution in [0.2, 0.25) is 0 Å². The molecule has 6 heteroatoms. The van der Waals surface area contributed by atoms with Gasteiger partial charge in [-0.2, -0.15) is 5.26 Å². The zero-order chi connectivity index (χ0) is 13.5. The summed E-state index contributed by atoms with van der Waals surface area (Å²) in [5, 5.41) is 13.8. The van der Waals surface area contributed by atoms with Gasteiger partial charge in [0.2, 0.25) is 0 Å². The summed E-state index contributed by atoms with van der Waals surface area (Å²) in [5.74, 6) is 0. The largest absolute Gasteiger partial charge is 0.338 e. The van der Waals surface area contributed by atoms with Crippen molar-refractivity contribution in [3.8, 4) is 16.6 Å². The molecule has 0 unspecified atom stereocenters. The number of aromatic amines is 1. The zero-order valence-corrected chi connectivity index (χ0v) is 11.0. The Balaban J connectivity index is 2.05. The lowest BCUT2D eigenvalue weighted by molar-refractivity contribution is 1.27. The van der Waals surface area contributed by atoms with Gasteiger partial charge < -0.3 is 4.98 Å². The molecule has 94 valence electrons. The van der Waals surface area contributed by atoms with Crippen LogP contribution in [0.4, 0.5) is 0 Å². The van der Waals surface area contributed by atoms with Crippen LogP contribution in [-0.4, -0.2) is 19.9 Å². The third-order valence-electron chi connectivity index (χ3n) is 3.13. The molecule has 4 aromatic heterocycles. The van der Waals surface area contributed by atoms with Crippen molar-refractivity contribution in [3.63, 3.8) is 0 Å². The van der Waals surface area contributed by atoms with Crippen molar-refractivity contribution in [2.24, 2.45) is 0 Å². The molecule has 0 radical (unpaired) electrons. The maximum Gasteiger partial charge on any atom is 0.141 e. The summed E-state index contributed by atoms with van der Waals surface area (Å²) in [7, 11) is 0. The minimum Gasteiger partial charge on any atom is -0.338 e. The fourth-order valence-corrected chi connectivity index (χ4v) is 2.84. The van der Waals surface area contributed by atoms with Gasteiger partial charge in [0.25, 0.3) is 0 Å². The highest BCUT2D eigenvalue weighted by Gasteiger charge is 2.09. The Kier molecular flexibility index (Phi) is 2.28. The highest BCUT2D eigenvalue weighted by atomic mass is 32.1. The van der Waals surface area contributed by atoms with Crippen LogP contribution in [0.3, 0.4) is 0 Å². The number of hydrogen-bond acceptors (Lipinski definition) is 5. The summed E-state index contributed by atoms with van der Waals surface area (Å²) in [6.07, 6.45) is 5.24. The number of nitriles is 1. The predicted octanol–water partition coefficient (Wildman–Crippen LogP) is 3.11. The molecular formula is C14H7N5S. The highest BCUT2D eigenvalue weighted by Crippen LogP contribution is 2.29. The Hall–Kier alpha value is -2.78. The molecule has 0 bridgehead atoms. The fourth-order valence-electron chi connectivity index (χ4n) is 2.22.